The molecule has 32 heavy (non-hydrogen) atoms. The molecule has 0 aromatic carbocycles. The molecule has 3 aliphatic rings. The Labute approximate surface area is 189 Å². The number of allylic oxidation sites excluding steroid dienone is 1. The monoisotopic (exact) mass is 441 g/mol. The molecule has 2 amide bonds. The molecule has 1 aromatic rings. The molecule has 4 atom stereocenters. The molecule has 7 heteroatoms. The molecule has 1 aliphatic carbocycles. The van der Waals surface area contributed by atoms with E-state index in [1.165, 1.54) is 19.3 Å². The van der Waals surface area contributed by atoms with E-state index in [1.54, 1.807) is 21.6 Å². The minimum Gasteiger partial charge on any atom is -0.396 e. The number of carbonyl (C=O) groups is 2. The number of nitrogens with zero attached hydrogens (tertiary/aromatic N) is 2. The number of nitrogens with one attached hydrogen (secondary N) is 1. The Morgan fingerprint density at radius 1 is 1.22 bits per heavy atom. The predicted octanol–water partition coefficient (Wildman–Crippen LogP) is 2.48. The van der Waals surface area contributed by atoms with Gasteiger partial charge in [-0.1, -0.05) is 38.3 Å². The first-order valence-electron chi connectivity index (χ1n) is 12.1. The minimum atomic E-state index is -0.565. The van der Waals surface area contributed by atoms with E-state index >= 15 is 0 Å². The zero-order valence-corrected chi connectivity index (χ0v) is 19.1. The molecule has 0 unspecified atom stereocenters. The molecule has 2 N–H and O–H groups in total. The van der Waals surface area contributed by atoms with Gasteiger partial charge >= 0.3 is 0 Å². The van der Waals surface area contributed by atoms with Gasteiger partial charge in [-0.25, -0.2) is 0 Å². The SMILES string of the molecule is C/C=C\c1ccc2n(c1=O)C[C@H]1[C@H](CO)[C@@H](C(=O)NCC3CCCCC3)[C@@H]2N1C(=O)CC. The van der Waals surface area contributed by atoms with Crippen LogP contribution in [-0.2, 0) is 16.1 Å². The van der Waals surface area contributed by atoms with Crippen LogP contribution in [0.1, 0.15) is 69.7 Å². The number of aliphatic hydroxyl groups is 1. The van der Waals surface area contributed by atoms with E-state index < -0.39 is 17.9 Å². The van der Waals surface area contributed by atoms with Crippen molar-refractivity contribution >= 4 is 17.9 Å². The second kappa shape index (κ2) is 9.61. The van der Waals surface area contributed by atoms with Gasteiger partial charge in [0.25, 0.3) is 5.56 Å². The third-order valence-corrected chi connectivity index (χ3v) is 7.60. The molecular formula is C25H35N3O4. The third-order valence-electron chi connectivity index (χ3n) is 7.60. The van der Waals surface area contributed by atoms with Crippen LogP contribution in [0.5, 0.6) is 0 Å². The fourth-order valence-electron chi connectivity index (χ4n) is 6.01. The number of pyridine rings is 1. The summed E-state index contributed by atoms with van der Waals surface area (Å²) in [6.45, 7) is 4.42. The van der Waals surface area contributed by atoms with Crippen molar-refractivity contribution in [3.8, 4) is 0 Å². The third kappa shape index (κ3) is 3.91. The van der Waals surface area contributed by atoms with Crippen LogP contribution in [0.3, 0.4) is 0 Å². The van der Waals surface area contributed by atoms with E-state index in [0.29, 0.717) is 36.7 Å². The maximum atomic E-state index is 13.5. The van der Waals surface area contributed by atoms with Gasteiger partial charge in [-0.3, -0.25) is 14.4 Å². The molecule has 174 valence electrons. The van der Waals surface area contributed by atoms with Gasteiger partial charge in [0.15, 0.2) is 0 Å². The number of aliphatic hydroxyl groups excluding tert-OH is 1. The van der Waals surface area contributed by atoms with Crippen molar-refractivity contribution in [1.82, 2.24) is 14.8 Å². The largest absolute Gasteiger partial charge is 0.396 e. The summed E-state index contributed by atoms with van der Waals surface area (Å²) in [6, 6.07) is 2.74. The Kier molecular flexibility index (Phi) is 6.84. The smallest absolute Gasteiger partial charge is 0.258 e. The first-order chi connectivity index (χ1) is 15.5. The van der Waals surface area contributed by atoms with E-state index in [-0.39, 0.29) is 30.0 Å². The Bertz CT molecular complexity index is 947. The van der Waals surface area contributed by atoms with Crippen molar-refractivity contribution in [2.75, 3.05) is 13.2 Å². The van der Waals surface area contributed by atoms with Gasteiger partial charge in [0.1, 0.15) is 0 Å². The summed E-state index contributed by atoms with van der Waals surface area (Å²) < 4.78 is 1.71. The topological polar surface area (TPSA) is 91.6 Å². The fraction of sp³-hybridized carbons (Fsp3) is 0.640. The predicted molar refractivity (Wildman–Crippen MR) is 123 cm³/mol. The molecule has 7 nitrogen and oxygen atoms in total. The van der Waals surface area contributed by atoms with Crippen LogP contribution in [0.15, 0.2) is 23.0 Å². The van der Waals surface area contributed by atoms with E-state index in [9.17, 15) is 19.5 Å². The molecule has 0 radical (unpaired) electrons. The highest BCUT2D eigenvalue weighted by atomic mass is 16.3. The number of amides is 2. The lowest BCUT2D eigenvalue weighted by molar-refractivity contribution is -0.136. The molecule has 2 fully saturated rings. The molecule has 1 saturated carbocycles. The maximum absolute atomic E-state index is 13.5. The molecular weight excluding hydrogens is 406 g/mol. The first kappa shape index (κ1) is 22.8. The molecule has 2 aliphatic heterocycles. The van der Waals surface area contributed by atoms with Gasteiger partial charge in [-0.2, -0.15) is 0 Å². The van der Waals surface area contributed by atoms with Crippen LogP contribution in [0.25, 0.3) is 6.08 Å². The summed E-state index contributed by atoms with van der Waals surface area (Å²) in [4.78, 5) is 41.3. The zero-order chi connectivity index (χ0) is 22.8. The fourth-order valence-corrected chi connectivity index (χ4v) is 6.01. The molecule has 0 spiro atoms. The number of hydrogen-bond acceptors (Lipinski definition) is 4. The Balaban J connectivity index is 1.70. The zero-order valence-electron chi connectivity index (χ0n) is 19.1. The van der Waals surface area contributed by atoms with E-state index in [4.69, 9.17) is 0 Å². The average molecular weight is 442 g/mol. The summed E-state index contributed by atoms with van der Waals surface area (Å²) in [5.41, 5.74) is 1.17. The van der Waals surface area contributed by atoms with Crippen LogP contribution >= 0.6 is 0 Å². The van der Waals surface area contributed by atoms with E-state index in [1.807, 2.05) is 26.0 Å². The number of fused-ring (bicyclic) bond motifs is 4. The summed E-state index contributed by atoms with van der Waals surface area (Å²) in [6.07, 6.45) is 9.86. The van der Waals surface area contributed by atoms with Gasteiger partial charge in [0.05, 0.1) is 18.0 Å². The Morgan fingerprint density at radius 3 is 2.62 bits per heavy atom. The first-order valence-corrected chi connectivity index (χ1v) is 12.1. The van der Waals surface area contributed by atoms with Crippen LogP contribution in [0.2, 0.25) is 0 Å². The quantitative estimate of drug-likeness (QED) is 0.710. The number of carbonyl (C=O) groups excluding carboxylic acids is 2. The molecule has 1 saturated heterocycles. The van der Waals surface area contributed by atoms with Crippen molar-refractivity contribution in [2.45, 2.75) is 71.0 Å². The molecule has 3 heterocycles. The number of rotatable bonds is 6. The van der Waals surface area contributed by atoms with Gasteiger partial charge < -0.3 is 19.9 Å². The highest BCUT2D eigenvalue weighted by Crippen LogP contribution is 2.48. The molecule has 4 rings (SSSR count). The Hall–Kier alpha value is -2.41. The highest BCUT2D eigenvalue weighted by Gasteiger charge is 2.57. The van der Waals surface area contributed by atoms with E-state index in [2.05, 4.69) is 5.32 Å². The van der Waals surface area contributed by atoms with Crippen LogP contribution in [-0.4, -0.2) is 45.6 Å². The molecule has 1 aromatic heterocycles. The lowest BCUT2D eigenvalue weighted by atomic mass is 9.85. The highest BCUT2D eigenvalue weighted by molar-refractivity contribution is 5.84. The molecule has 2 bridgehead atoms. The van der Waals surface area contributed by atoms with Gasteiger partial charge in [-0.05, 0) is 37.8 Å². The van der Waals surface area contributed by atoms with E-state index in [0.717, 1.165) is 12.8 Å². The van der Waals surface area contributed by atoms with Crippen molar-refractivity contribution in [1.29, 1.82) is 0 Å². The van der Waals surface area contributed by atoms with Crippen LogP contribution in [0, 0.1) is 17.8 Å². The number of aromatic nitrogens is 1. The number of hydrogen-bond donors (Lipinski definition) is 2. The summed E-state index contributed by atoms with van der Waals surface area (Å²) in [7, 11) is 0. The Morgan fingerprint density at radius 2 is 1.97 bits per heavy atom. The minimum absolute atomic E-state index is 0.0442. The second-order valence-electron chi connectivity index (χ2n) is 9.42. The lowest BCUT2D eigenvalue weighted by Gasteiger charge is -2.38. The van der Waals surface area contributed by atoms with Crippen LogP contribution < -0.4 is 10.9 Å². The normalized spacial score (nSPS) is 27.5. The lowest BCUT2D eigenvalue weighted by Crippen LogP contribution is -2.49. The van der Waals surface area contributed by atoms with Crippen molar-refractivity contribution in [3.05, 3.63) is 39.8 Å². The van der Waals surface area contributed by atoms with Crippen LogP contribution in [0.4, 0.5) is 0 Å². The maximum Gasteiger partial charge on any atom is 0.258 e. The summed E-state index contributed by atoms with van der Waals surface area (Å²) >= 11 is 0. The average Bonchev–Trinajstić information content (AvgIpc) is 3.06. The van der Waals surface area contributed by atoms with Gasteiger partial charge in [0, 0.05) is 43.3 Å². The van der Waals surface area contributed by atoms with Crippen molar-refractivity contribution < 1.29 is 14.7 Å². The second-order valence-corrected chi connectivity index (χ2v) is 9.42. The summed E-state index contributed by atoms with van der Waals surface area (Å²) in [5.74, 6) is -0.629. The summed E-state index contributed by atoms with van der Waals surface area (Å²) in [5, 5.41) is 13.4. The van der Waals surface area contributed by atoms with Gasteiger partial charge in [0.2, 0.25) is 11.8 Å². The van der Waals surface area contributed by atoms with Crippen molar-refractivity contribution in [2.24, 2.45) is 17.8 Å². The van der Waals surface area contributed by atoms with Gasteiger partial charge in [-0.15, -0.1) is 0 Å². The standard InChI is InChI=1S/C25H35N3O4/c1-3-8-17-11-12-19-23-22(24(31)26-13-16-9-6-5-7-10-16)18(15-29)20(14-27(19)25(17)32)28(23)21(30)4-2/h3,8,11-12,16,18,20,22-23,29H,4-7,9-10,13-15H2,1-2H3,(H,26,31)/b8-3-/t18-,20-,22+,23+/m0/s1. The van der Waals surface area contributed by atoms with Crippen molar-refractivity contribution in [3.63, 3.8) is 0 Å².